The summed E-state index contributed by atoms with van der Waals surface area (Å²) in [7, 11) is 4.56. The zero-order valence-corrected chi connectivity index (χ0v) is 14.8. The van der Waals surface area contributed by atoms with E-state index in [9.17, 15) is 4.79 Å². The first-order valence-electron chi connectivity index (χ1n) is 7.75. The second kappa shape index (κ2) is 9.14. The highest BCUT2D eigenvalue weighted by Crippen LogP contribution is 2.29. The standard InChI is InChI=1S/C20H19NO5/c1-23-15-6-7-16(19(13-15)24-2)17(22)8-4-14-5-9-18(26-11-10-21)20(12-14)25-3/h4-9,12-13H,11H2,1-3H3/b8-4+. The summed E-state index contributed by atoms with van der Waals surface area (Å²) in [5.41, 5.74) is 1.19. The van der Waals surface area contributed by atoms with Gasteiger partial charge in [-0.15, -0.1) is 0 Å². The lowest BCUT2D eigenvalue weighted by atomic mass is 10.1. The number of benzene rings is 2. The molecule has 0 heterocycles. The Morgan fingerprint density at radius 2 is 1.77 bits per heavy atom. The minimum atomic E-state index is -0.201. The van der Waals surface area contributed by atoms with Crippen LogP contribution in [0.4, 0.5) is 0 Å². The minimum Gasteiger partial charge on any atom is -0.497 e. The van der Waals surface area contributed by atoms with E-state index in [4.69, 9.17) is 24.2 Å². The molecule has 0 aliphatic rings. The third kappa shape index (κ3) is 4.54. The maximum absolute atomic E-state index is 12.5. The van der Waals surface area contributed by atoms with Gasteiger partial charge in [-0.05, 0) is 35.9 Å². The van der Waals surface area contributed by atoms with Crippen LogP contribution in [0.5, 0.6) is 23.0 Å². The van der Waals surface area contributed by atoms with E-state index in [1.165, 1.54) is 20.3 Å². The van der Waals surface area contributed by atoms with Gasteiger partial charge in [0.1, 0.15) is 17.6 Å². The zero-order chi connectivity index (χ0) is 18.9. The number of carbonyl (C=O) groups excluding carboxylic acids is 1. The molecule has 0 N–H and O–H groups in total. The molecule has 0 spiro atoms. The van der Waals surface area contributed by atoms with Crippen molar-refractivity contribution >= 4 is 11.9 Å². The summed E-state index contributed by atoms with van der Waals surface area (Å²) in [6.45, 7) is -0.0682. The van der Waals surface area contributed by atoms with Gasteiger partial charge in [0.2, 0.25) is 0 Å². The van der Waals surface area contributed by atoms with E-state index in [0.29, 0.717) is 28.6 Å². The van der Waals surface area contributed by atoms with Gasteiger partial charge in [0.05, 0.1) is 26.9 Å². The molecule has 6 nitrogen and oxygen atoms in total. The predicted molar refractivity (Wildman–Crippen MR) is 97.0 cm³/mol. The van der Waals surface area contributed by atoms with E-state index in [1.807, 2.05) is 6.07 Å². The Hall–Kier alpha value is -3.46. The Labute approximate surface area is 152 Å². The van der Waals surface area contributed by atoms with Gasteiger partial charge in [-0.25, -0.2) is 0 Å². The quantitative estimate of drug-likeness (QED) is 0.534. The fraction of sp³-hybridized carbons (Fsp3) is 0.200. The van der Waals surface area contributed by atoms with E-state index in [0.717, 1.165) is 5.56 Å². The van der Waals surface area contributed by atoms with Gasteiger partial charge in [-0.2, -0.15) is 5.26 Å². The topological polar surface area (TPSA) is 77.8 Å². The van der Waals surface area contributed by atoms with Crippen molar-refractivity contribution in [2.45, 2.75) is 0 Å². The van der Waals surface area contributed by atoms with Crippen LogP contribution in [0.3, 0.4) is 0 Å². The van der Waals surface area contributed by atoms with Crippen LogP contribution >= 0.6 is 0 Å². The van der Waals surface area contributed by atoms with E-state index in [-0.39, 0.29) is 12.4 Å². The van der Waals surface area contributed by atoms with E-state index in [2.05, 4.69) is 0 Å². The summed E-state index contributed by atoms with van der Waals surface area (Å²) in [4.78, 5) is 12.5. The molecule has 26 heavy (non-hydrogen) atoms. The molecule has 134 valence electrons. The first-order valence-corrected chi connectivity index (χ1v) is 7.75. The Bertz CT molecular complexity index is 852. The summed E-state index contributed by atoms with van der Waals surface area (Å²) in [5, 5.41) is 8.59. The molecule has 2 aromatic rings. The van der Waals surface area contributed by atoms with Crippen molar-refractivity contribution < 1.29 is 23.7 Å². The van der Waals surface area contributed by atoms with Gasteiger partial charge in [0, 0.05) is 6.07 Å². The number of ether oxygens (including phenoxy) is 4. The normalized spacial score (nSPS) is 10.2. The zero-order valence-electron chi connectivity index (χ0n) is 14.8. The Morgan fingerprint density at radius 3 is 2.42 bits per heavy atom. The summed E-state index contributed by atoms with van der Waals surface area (Å²) in [6, 6.07) is 12.1. The van der Waals surface area contributed by atoms with Gasteiger partial charge < -0.3 is 18.9 Å². The van der Waals surface area contributed by atoms with Crippen molar-refractivity contribution in [1.29, 1.82) is 5.26 Å². The lowest BCUT2D eigenvalue weighted by molar-refractivity contribution is 0.104. The van der Waals surface area contributed by atoms with Gasteiger partial charge >= 0.3 is 0 Å². The van der Waals surface area contributed by atoms with Crippen LogP contribution in [-0.4, -0.2) is 33.7 Å². The largest absolute Gasteiger partial charge is 0.497 e. The fourth-order valence-electron chi connectivity index (χ4n) is 2.28. The molecule has 0 amide bonds. The Balaban J connectivity index is 2.21. The maximum atomic E-state index is 12.5. The number of hydrogen-bond acceptors (Lipinski definition) is 6. The van der Waals surface area contributed by atoms with Crippen molar-refractivity contribution in [2.75, 3.05) is 27.9 Å². The van der Waals surface area contributed by atoms with Gasteiger partial charge in [-0.3, -0.25) is 4.79 Å². The maximum Gasteiger partial charge on any atom is 0.189 e. The highest BCUT2D eigenvalue weighted by molar-refractivity contribution is 6.08. The first kappa shape index (κ1) is 18.9. The average Bonchev–Trinajstić information content (AvgIpc) is 2.69. The average molecular weight is 353 g/mol. The third-order valence-electron chi connectivity index (χ3n) is 3.58. The molecule has 0 saturated heterocycles. The molecule has 0 unspecified atom stereocenters. The molecular formula is C20H19NO5. The second-order valence-corrected chi connectivity index (χ2v) is 5.12. The minimum absolute atomic E-state index is 0.0682. The van der Waals surface area contributed by atoms with Crippen LogP contribution in [0, 0.1) is 11.3 Å². The number of nitrogens with zero attached hydrogens (tertiary/aromatic N) is 1. The molecule has 0 saturated carbocycles. The second-order valence-electron chi connectivity index (χ2n) is 5.12. The number of carbonyl (C=O) groups is 1. The lowest BCUT2D eigenvalue weighted by Crippen LogP contribution is -1.99. The van der Waals surface area contributed by atoms with Crippen molar-refractivity contribution in [1.82, 2.24) is 0 Å². The van der Waals surface area contributed by atoms with Crippen molar-refractivity contribution in [2.24, 2.45) is 0 Å². The monoisotopic (exact) mass is 353 g/mol. The third-order valence-corrected chi connectivity index (χ3v) is 3.58. The van der Waals surface area contributed by atoms with Crippen LogP contribution in [-0.2, 0) is 0 Å². The molecule has 0 aliphatic heterocycles. The molecule has 0 bridgehead atoms. The summed E-state index contributed by atoms with van der Waals surface area (Å²) in [5.74, 6) is 1.80. The first-order chi connectivity index (χ1) is 12.6. The van der Waals surface area contributed by atoms with Gasteiger partial charge in [-0.1, -0.05) is 12.1 Å². The molecule has 0 radical (unpaired) electrons. The van der Waals surface area contributed by atoms with Crippen LogP contribution < -0.4 is 18.9 Å². The van der Waals surface area contributed by atoms with Crippen LogP contribution in [0.25, 0.3) is 6.08 Å². The number of hydrogen-bond donors (Lipinski definition) is 0. The number of ketones is 1. The smallest absolute Gasteiger partial charge is 0.189 e. The number of methoxy groups -OCH3 is 3. The number of allylic oxidation sites excluding steroid dienone is 1. The van der Waals surface area contributed by atoms with Crippen molar-refractivity contribution in [3.63, 3.8) is 0 Å². The summed E-state index contributed by atoms with van der Waals surface area (Å²) in [6.07, 6.45) is 3.12. The van der Waals surface area contributed by atoms with Crippen molar-refractivity contribution in [3.05, 3.63) is 53.6 Å². The van der Waals surface area contributed by atoms with E-state index < -0.39 is 0 Å². The van der Waals surface area contributed by atoms with Crippen LogP contribution in [0.2, 0.25) is 0 Å². The fourth-order valence-corrected chi connectivity index (χ4v) is 2.28. The molecule has 6 heteroatoms. The lowest BCUT2D eigenvalue weighted by Gasteiger charge is -2.09. The summed E-state index contributed by atoms with van der Waals surface area (Å²) >= 11 is 0. The molecule has 0 atom stereocenters. The predicted octanol–water partition coefficient (Wildman–Crippen LogP) is 3.51. The number of nitriles is 1. The molecule has 2 aromatic carbocycles. The molecule has 0 aliphatic carbocycles. The Kier molecular flexibility index (Phi) is 6.63. The summed E-state index contributed by atoms with van der Waals surface area (Å²) < 4.78 is 20.9. The highest BCUT2D eigenvalue weighted by Gasteiger charge is 2.11. The molecule has 0 aromatic heterocycles. The van der Waals surface area contributed by atoms with Gasteiger partial charge in [0.15, 0.2) is 23.9 Å². The van der Waals surface area contributed by atoms with E-state index in [1.54, 1.807) is 49.6 Å². The van der Waals surface area contributed by atoms with Crippen LogP contribution in [0.1, 0.15) is 15.9 Å². The van der Waals surface area contributed by atoms with Crippen molar-refractivity contribution in [3.8, 4) is 29.1 Å². The Morgan fingerprint density at radius 1 is 1.00 bits per heavy atom. The molecule has 2 rings (SSSR count). The van der Waals surface area contributed by atoms with E-state index >= 15 is 0 Å². The highest BCUT2D eigenvalue weighted by atomic mass is 16.5. The van der Waals surface area contributed by atoms with Crippen LogP contribution in [0.15, 0.2) is 42.5 Å². The number of rotatable bonds is 8. The SMILES string of the molecule is COc1ccc(C(=O)/C=C/c2ccc(OCC#N)c(OC)c2)c(OC)c1. The molecule has 0 fully saturated rings. The molecular weight excluding hydrogens is 334 g/mol. The van der Waals surface area contributed by atoms with Gasteiger partial charge in [0.25, 0.3) is 0 Å².